The molecule has 0 aromatic rings. The standard InChI is InChI=1S/C9H15F3O9S/c1-18-8-6(15)7(5(14)4(2-13)20-8)21-22(16,17)19-3-9(10,11)12/h4-8,13-15H,2-3H2,1H3/t4-,5+,6-,7+,8-/m1/s1. The van der Waals surface area contributed by atoms with Gasteiger partial charge < -0.3 is 24.8 Å². The van der Waals surface area contributed by atoms with Gasteiger partial charge >= 0.3 is 16.6 Å². The first-order chi connectivity index (χ1) is 10.0. The molecule has 0 aliphatic carbocycles. The van der Waals surface area contributed by atoms with Crippen LogP contribution >= 0.6 is 0 Å². The second-order valence-corrected chi connectivity index (χ2v) is 5.53. The van der Waals surface area contributed by atoms with Crippen molar-refractivity contribution >= 4 is 10.4 Å². The van der Waals surface area contributed by atoms with E-state index in [9.17, 15) is 31.8 Å². The van der Waals surface area contributed by atoms with E-state index < -0.39 is 60.5 Å². The van der Waals surface area contributed by atoms with Crippen molar-refractivity contribution in [3.63, 3.8) is 0 Å². The van der Waals surface area contributed by atoms with Gasteiger partial charge in [-0.25, -0.2) is 8.37 Å². The molecule has 1 aliphatic heterocycles. The number of aliphatic hydroxyl groups is 3. The van der Waals surface area contributed by atoms with Crippen molar-refractivity contribution in [1.82, 2.24) is 0 Å². The average molecular weight is 356 g/mol. The predicted molar refractivity (Wildman–Crippen MR) is 60.6 cm³/mol. The number of ether oxygens (including phenoxy) is 2. The van der Waals surface area contributed by atoms with Crippen LogP contribution in [0.15, 0.2) is 0 Å². The molecular weight excluding hydrogens is 341 g/mol. The molecule has 0 amide bonds. The maximum absolute atomic E-state index is 11.9. The van der Waals surface area contributed by atoms with Gasteiger partial charge in [-0.15, -0.1) is 0 Å². The van der Waals surface area contributed by atoms with Crippen LogP contribution in [-0.2, 0) is 28.2 Å². The molecule has 0 radical (unpaired) electrons. The molecule has 132 valence electrons. The van der Waals surface area contributed by atoms with Crippen LogP contribution in [0, 0.1) is 0 Å². The minimum atomic E-state index is -5.18. The Hall–Kier alpha value is -0.540. The third-order valence-electron chi connectivity index (χ3n) is 2.65. The summed E-state index contributed by atoms with van der Waals surface area (Å²) in [5.41, 5.74) is 0. The van der Waals surface area contributed by atoms with Crippen molar-refractivity contribution in [2.45, 2.75) is 36.9 Å². The SMILES string of the molecule is CO[C@@H]1O[C@H](CO)[C@H](O)[C@H](OS(=O)(=O)OCC(F)(F)F)[C@H]1O. The van der Waals surface area contributed by atoms with Gasteiger partial charge in [0, 0.05) is 7.11 Å². The Morgan fingerprint density at radius 1 is 1.23 bits per heavy atom. The highest BCUT2D eigenvalue weighted by Crippen LogP contribution is 2.26. The molecule has 22 heavy (non-hydrogen) atoms. The fourth-order valence-electron chi connectivity index (χ4n) is 1.66. The molecule has 0 bridgehead atoms. The van der Waals surface area contributed by atoms with Gasteiger partial charge in [0.1, 0.15) is 24.4 Å². The molecule has 3 N–H and O–H groups in total. The normalized spacial score (nSPS) is 33.9. The quantitative estimate of drug-likeness (QED) is 0.508. The lowest BCUT2D eigenvalue weighted by molar-refractivity contribution is -0.290. The average Bonchev–Trinajstić information content (AvgIpc) is 2.41. The zero-order valence-electron chi connectivity index (χ0n) is 11.1. The number of methoxy groups -OCH3 is 1. The van der Waals surface area contributed by atoms with Crippen LogP contribution in [0.1, 0.15) is 0 Å². The van der Waals surface area contributed by atoms with Crippen LogP contribution in [0.4, 0.5) is 13.2 Å². The lowest BCUT2D eigenvalue weighted by atomic mass is 9.99. The molecule has 0 aromatic heterocycles. The molecular formula is C9H15F3O9S. The smallest absolute Gasteiger partial charge is 0.394 e. The van der Waals surface area contributed by atoms with E-state index >= 15 is 0 Å². The molecule has 1 saturated heterocycles. The summed E-state index contributed by atoms with van der Waals surface area (Å²) in [4.78, 5) is 0. The van der Waals surface area contributed by atoms with Gasteiger partial charge in [0.25, 0.3) is 0 Å². The van der Waals surface area contributed by atoms with Gasteiger partial charge in [0.2, 0.25) is 0 Å². The molecule has 1 heterocycles. The molecule has 9 nitrogen and oxygen atoms in total. The number of rotatable bonds is 6. The molecule has 0 unspecified atom stereocenters. The van der Waals surface area contributed by atoms with E-state index in [4.69, 9.17) is 9.84 Å². The van der Waals surface area contributed by atoms with Crippen molar-refractivity contribution in [1.29, 1.82) is 0 Å². The number of alkyl halides is 3. The highest BCUT2D eigenvalue weighted by molar-refractivity contribution is 7.81. The molecule has 13 heteroatoms. The Labute approximate surface area is 123 Å². The minimum Gasteiger partial charge on any atom is -0.394 e. The van der Waals surface area contributed by atoms with Crippen LogP contribution < -0.4 is 0 Å². The highest BCUT2D eigenvalue weighted by Gasteiger charge is 2.48. The van der Waals surface area contributed by atoms with Crippen molar-refractivity contribution in [3.05, 3.63) is 0 Å². The van der Waals surface area contributed by atoms with Gasteiger partial charge in [-0.1, -0.05) is 0 Å². The first-order valence-electron chi connectivity index (χ1n) is 5.80. The molecule has 5 atom stereocenters. The largest absolute Gasteiger partial charge is 0.413 e. The lowest BCUT2D eigenvalue weighted by Crippen LogP contribution is -2.60. The summed E-state index contributed by atoms with van der Waals surface area (Å²) in [5, 5.41) is 28.5. The number of hydrogen-bond donors (Lipinski definition) is 3. The van der Waals surface area contributed by atoms with E-state index in [0.29, 0.717) is 0 Å². The topological polar surface area (TPSA) is 132 Å². The first-order valence-corrected chi connectivity index (χ1v) is 7.13. The van der Waals surface area contributed by atoms with Crippen molar-refractivity contribution in [3.8, 4) is 0 Å². The molecule has 1 aliphatic rings. The van der Waals surface area contributed by atoms with E-state index in [1.54, 1.807) is 0 Å². The summed E-state index contributed by atoms with van der Waals surface area (Å²) in [6, 6.07) is 0. The summed E-state index contributed by atoms with van der Waals surface area (Å²) in [5.74, 6) is 0. The van der Waals surface area contributed by atoms with Gasteiger partial charge in [0.05, 0.1) is 6.61 Å². The van der Waals surface area contributed by atoms with E-state index in [0.717, 1.165) is 7.11 Å². The lowest BCUT2D eigenvalue weighted by Gasteiger charge is -2.40. The number of hydrogen-bond acceptors (Lipinski definition) is 9. The summed E-state index contributed by atoms with van der Waals surface area (Å²) >= 11 is 0. The van der Waals surface area contributed by atoms with Crippen molar-refractivity contribution < 1.29 is 54.7 Å². The van der Waals surface area contributed by atoms with E-state index in [-0.39, 0.29) is 0 Å². The second kappa shape index (κ2) is 7.35. The maximum atomic E-state index is 11.9. The van der Waals surface area contributed by atoms with Gasteiger partial charge in [0.15, 0.2) is 12.9 Å². The molecule has 0 aromatic carbocycles. The van der Waals surface area contributed by atoms with Gasteiger partial charge in [-0.05, 0) is 0 Å². The van der Waals surface area contributed by atoms with Gasteiger partial charge in [-0.3, -0.25) is 0 Å². The Balaban J connectivity index is 2.83. The zero-order chi connectivity index (χ0) is 17.1. The Morgan fingerprint density at radius 2 is 1.82 bits per heavy atom. The maximum Gasteiger partial charge on any atom is 0.413 e. The van der Waals surface area contributed by atoms with Crippen LogP contribution in [0.25, 0.3) is 0 Å². The second-order valence-electron chi connectivity index (χ2n) is 4.29. The highest BCUT2D eigenvalue weighted by atomic mass is 32.3. The zero-order valence-corrected chi connectivity index (χ0v) is 12.0. The summed E-state index contributed by atoms with van der Waals surface area (Å²) in [6.45, 7) is -2.92. The minimum absolute atomic E-state index is 0.781. The molecule has 1 rings (SSSR count). The monoisotopic (exact) mass is 356 g/mol. The Morgan fingerprint density at radius 3 is 2.27 bits per heavy atom. The Kier molecular flexibility index (Phi) is 6.52. The van der Waals surface area contributed by atoms with E-state index in [1.165, 1.54) is 0 Å². The molecule has 0 saturated carbocycles. The van der Waals surface area contributed by atoms with Crippen LogP contribution in [0.3, 0.4) is 0 Å². The third-order valence-corrected chi connectivity index (χ3v) is 3.51. The van der Waals surface area contributed by atoms with Crippen molar-refractivity contribution in [2.24, 2.45) is 0 Å². The van der Waals surface area contributed by atoms with Gasteiger partial charge in [-0.2, -0.15) is 21.6 Å². The summed E-state index contributed by atoms with van der Waals surface area (Å²) in [7, 11) is -4.10. The number of aliphatic hydroxyl groups excluding tert-OH is 3. The van der Waals surface area contributed by atoms with Crippen LogP contribution in [0.5, 0.6) is 0 Å². The predicted octanol–water partition coefficient (Wildman–Crippen LogP) is -1.72. The number of halogens is 3. The summed E-state index contributed by atoms with van der Waals surface area (Å²) in [6.07, 6.45) is -13.4. The molecule has 0 spiro atoms. The Bertz CT molecular complexity index is 438. The first kappa shape index (κ1) is 19.5. The third kappa shape index (κ3) is 5.27. The van der Waals surface area contributed by atoms with Crippen LogP contribution in [-0.4, -0.2) is 80.9 Å². The van der Waals surface area contributed by atoms with Crippen LogP contribution in [0.2, 0.25) is 0 Å². The molecule has 1 fully saturated rings. The van der Waals surface area contributed by atoms with Crippen molar-refractivity contribution in [2.75, 3.05) is 20.3 Å². The van der Waals surface area contributed by atoms with E-state index in [1.807, 2.05) is 0 Å². The fraction of sp³-hybridized carbons (Fsp3) is 1.00. The van der Waals surface area contributed by atoms with E-state index in [2.05, 4.69) is 13.1 Å². The summed E-state index contributed by atoms with van der Waals surface area (Å²) < 4.78 is 75.8. The fourth-order valence-corrected chi connectivity index (χ4v) is 2.50.